The van der Waals surface area contributed by atoms with Crippen molar-refractivity contribution in [3.05, 3.63) is 23.0 Å². The normalized spacial score (nSPS) is 10.2. The van der Waals surface area contributed by atoms with Gasteiger partial charge in [-0.25, -0.2) is 0 Å². The summed E-state index contributed by atoms with van der Waals surface area (Å²) in [6, 6.07) is 1.77. The Morgan fingerprint density at radius 3 is 2.50 bits per heavy atom. The summed E-state index contributed by atoms with van der Waals surface area (Å²) < 4.78 is 2.01. The fraction of sp³-hybridized carbons (Fsp3) is 0.455. The zero-order valence-corrected chi connectivity index (χ0v) is 9.70. The summed E-state index contributed by atoms with van der Waals surface area (Å²) in [5.41, 5.74) is 2.41. The highest BCUT2D eigenvalue weighted by Gasteiger charge is 2.15. The molecule has 16 heavy (non-hydrogen) atoms. The number of nitrogens with one attached hydrogen (secondary N) is 1. The van der Waals surface area contributed by atoms with Crippen molar-refractivity contribution in [1.29, 1.82) is 0 Å². The van der Waals surface area contributed by atoms with Gasteiger partial charge in [0.25, 0.3) is 5.91 Å². The molecular formula is C11H16N2O3. The SMILES string of the molecule is CCn1c(C)cc(C(=O)NCC(=O)O)c1C. The Bertz CT molecular complexity index is 421. The highest BCUT2D eigenvalue weighted by Crippen LogP contribution is 2.14. The molecule has 5 heteroatoms. The Balaban J connectivity index is 2.88. The molecule has 0 saturated carbocycles. The molecule has 0 fully saturated rings. The van der Waals surface area contributed by atoms with Gasteiger partial charge >= 0.3 is 5.97 Å². The van der Waals surface area contributed by atoms with E-state index in [0.717, 1.165) is 17.9 Å². The lowest BCUT2D eigenvalue weighted by Crippen LogP contribution is -2.29. The second kappa shape index (κ2) is 4.83. The van der Waals surface area contributed by atoms with Gasteiger partial charge in [0, 0.05) is 17.9 Å². The first-order valence-corrected chi connectivity index (χ1v) is 5.14. The number of aliphatic carboxylic acids is 1. The number of carbonyl (C=O) groups is 2. The summed E-state index contributed by atoms with van der Waals surface area (Å²) in [6.45, 7) is 6.22. The number of aromatic nitrogens is 1. The number of hydrogen-bond acceptors (Lipinski definition) is 2. The number of carboxylic acids is 1. The van der Waals surface area contributed by atoms with E-state index in [4.69, 9.17) is 5.11 Å². The van der Waals surface area contributed by atoms with Gasteiger partial charge in [-0.15, -0.1) is 0 Å². The number of aryl methyl sites for hydroxylation is 1. The van der Waals surface area contributed by atoms with E-state index in [1.165, 1.54) is 0 Å². The van der Waals surface area contributed by atoms with E-state index in [-0.39, 0.29) is 12.5 Å². The molecule has 0 saturated heterocycles. The van der Waals surface area contributed by atoms with Crippen molar-refractivity contribution in [3.8, 4) is 0 Å². The maximum atomic E-state index is 11.7. The molecule has 0 bridgehead atoms. The third-order valence-corrected chi connectivity index (χ3v) is 2.53. The van der Waals surface area contributed by atoms with Gasteiger partial charge in [0.15, 0.2) is 0 Å². The van der Waals surface area contributed by atoms with Crippen molar-refractivity contribution in [2.75, 3.05) is 6.54 Å². The zero-order chi connectivity index (χ0) is 12.3. The minimum atomic E-state index is -1.04. The fourth-order valence-electron chi connectivity index (χ4n) is 1.77. The molecular weight excluding hydrogens is 208 g/mol. The van der Waals surface area contributed by atoms with Crippen LogP contribution in [0.4, 0.5) is 0 Å². The summed E-state index contributed by atoms with van der Waals surface area (Å²) in [5.74, 6) is -1.38. The molecule has 0 unspecified atom stereocenters. The quantitative estimate of drug-likeness (QED) is 0.799. The van der Waals surface area contributed by atoms with Crippen LogP contribution in [0.1, 0.15) is 28.7 Å². The van der Waals surface area contributed by atoms with Crippen molar-refractivity contribution in [2.24, 2.45) is 0 Å². The van der Waals surface area contributed by atoms with E-state index in [1.54, 1.807) is 6.07 Å². The smallest absolute Gasteiger partial charge is 0.322 e. The predicted molar refractivity (Wildman–Crippen MR) is 59.5 cm³/mol. The largest absolute Gasteiger partial charge is 0.480 e. The van der Waals surface area contributed by atoms with Crippen LogP contribution >= 0.6 is 0 Å². The second-order valence-electron chi connectivity index (χ2n) is 3.61. The Morgan fingerprint density at radius 1 is 1.44 bits per heavy atom. The molecule has 1 amide bonds. The lowest BCUT2D eigenvalue weighted by molar-refractivity contribution is -0.135. The van der Waals surface area contributed by atoms with Crippen LogP contribution < -0.4 is 5.32 Å². The van der Waals surface area contributed by atoms with E-state index < -0.39 is 5.97 Å². The zero-order valence-electron chi connectivity index (χ0n) is 9.70. The van der Waals surface area contributed by atoms with Crippen LogP contribution in [0.5, 0.6) is 0 Å². The van der Waals surface area contributed by atoms with Crippen LogP contribution in [0.15, 0.2) is 6.07 Å². The lowest BCUT2D eigenvalue weighted by atomic mass is 10.2. The minimum absolute atomic E-state index is 0.338. The van der Waals surface area contributed by atoms with Gasteiger partial charge in [0.1, 0.15) is 6.54 Å². The first-order valence-electron chi connectivity index (χ1n) is 5.14. The second-order valence-corrected chi connectivity index (χ2v) is 3.61. The summed E-state index contributed by atoms with van der Waals surface area (Å²) in [5, 5.41) is 10.8. The summed E-state index contributed by atoms with van der Waals surface area (Å²) in [4.78, 5) is 22.0. The number of carboxylic acid groups (broad SMARTS) is 1. The Labute approximate surface area is 94.1 Å². The molecule has 0 atom stereocenters. The van der Waals surface area contributed by atoms with Gasteiger partial charge in [0.05, 0.1) is 5.56 Å². The molecule has 0 spiro atoms. The maximum Gasteiger partial charge on any atom is 0.322 e. The average molecular weight is 224 g/mol. The molecule has 0 aliphatic heterocycles. The maximum absolute atomic E-state index is 11.7. The number of carbonyl (C=O) groups excluding carboxylic acids is 1. The van der Waals surface area contributed by atoms with E-state index in [1.807, 2.05) is 25.3 Å². The van der Waals surface area contributed by atoms with Gasteiger partial charge in [-0.05, 0) is 26.8 Å². The van der Waals surface area contributed by atoms with E-state index in [9.17, 15) is 9.59 Å². The van der Waals surface area contributed by atoms with Crippen molar-refractivity contribution < 1.29 is 14.7 Å². The molecule has 0 aliphatic carbocycles. The molecule has 1 heterocycles. The van der Waals surface area contributed by atoms with Gasteiger partial charge in [0.2, 0.25) is 0 Å². The van der Waals surface area contributed by atoms with Crippen LogP contribution in [-0.4, -0.2) is 28.1 Å². The number of amides is 1. The first kappa shape index (κ1) is 12.3. The molecule has 0 aliphatic rings. The standard InChI is InChI=1S/C11H16N2O3/c1-4-13-7(2)5-9(8(13)3)11(16)12-6-10(14)15/h5H,4,6H2,1-3H3,(H,12,16)(H,14,15). The molecule has 0 aromatic carbocycles. The van der Waals surface area contributed by atoms with Crippen molar-refractivity contribution in [2.45, 2.75) is 27.3 Å². The van der Waals surface area contributed by atoms with E-state index >= 15 is 0 Å². The number of nitrogens with zero attached hydrogens (tertiary/aromatic N) is 1. The summed E-state index contributed by atoms with van der Waals surface area (Å²) >= 11 is 0. The molecule has 1 rings (SSSR count). The molecule has 1 aromatic rings. The topological polar surface area (TPSA) is 71.3 Å². The first-order chi connectivity index (χ1) is 7.47. The molecule has 0 radical (unpaired) electrons. The van der Waals surface area contributed by atoms with Crippen molar-refractivity contribution in [1.82, 2.24) is 9.88 Å². The fourth-order valence-corrected chi connectivity index (χ4v) is 1.77. The highest BCUT2D eigenvalue weighted by atomic mass is 16.4. The molecule has 5 nitrogen and oxygen atoms in total. The van der Waals surface area contributed by atoms with E-state index in [0.29, 0.717) is 5.56 Å². The molecule has 2 N–H and O–H groups in total. The van der Waals surface area contributed by atoms with Crippen LogP contribution in [0.3, 0.4) is 0 Å². The van der Waals surface area contributed by atoms with Crippen LogP contribution in [0.25, 0.3) is 0 Å². The minimum Gasteiger partial charge on any atom is -0.480 e. The molecule has 1 aromatic heterocycles. The third kappa shape index (κ3) is 2.42. The number of hydrogen-bond donors (Lipinski definition) is 2. The lowest BCUT2D eigenvalue weighted by Gasteiger charge is -2.05. The Hall–Kier alpha value is -1.78. The Morgan fingerprint density at radius 2 is 2.06 bits per heavy atom. The monoisotopic (exact) mass is 224 g/mol. The van der Waals surface area contributed by atoms with E-state index in [2.05, 4.69) is 5.32 Å². The van der Waals surface area contributed by atoms with Crippen LogP contribution in [-0.2, 0) is 11.3 Å². The van der Waals surface area contributed by atoms with Gasteiger partial charge in [-0.1, -0.05) is 0 Å². The molecule has 88 valence electrons. The predicted octanol–water partition coefficient (Wildman–Crippen LogP) is 0.939. The van der Waals surface area contributed by atoms with Gasteiger partial charge in [-0.2, -0.15) is 0 Å². The van der Waals surface area contributed by atoms with Gasteiger partial charge < -0.3 is 15.0 Å². The third-order valence-electron chi connectivity index (χ3n) is 2.53. The average Bonchev–Trinajstić information content (AvgIpc) is 2.50. The van der Waals surface area contributed by atoms with Crippen LogP contribution in [0, 0.1) is 13.8 Å². The van der Waals surface area contributed by atoms with Gasteiger partial charge in [-0.3, -0.25) is 9.59 Å². The van der Waals surface area contributed by atoms with Crippen LogP contribution in [0.2, 0.25) is 0 Å². The summed E-state index contributed by atoms with van der Waals surface area (Å²) in [7, 11) is 0. The highest BCUT2D eigenvalue weighted by molar-refractivity contribution is 5.97. The summed E-state index contributed by atoms with van der Waals surface area (Å²) in [6.07, 6.45) is 0. The Kier molecular flexibility index (Phi) is 3.71. The van der Waals surface area contributed by atoms with Crippen molar-refractivity contribution >= 4 is 11.9 Å². The van der Waals surface area contributed by atoms with Crippen molar-refractivity contribution in [3.63, 3.8) is 0 Å². The number of rotatable bonds is 4.